The molecule has 0 fully saturated rings. The number of Topliss-reactive ketones (excluding diaryl/α,β-unsaturated/α-hetero) is 1. The van der Waals surface area contributed by atoms with Gasteiger partial charge in [-0.3, -0.25) is 9.59 Å². The SMILES string of the molecule is O=C(CCC(=O)C(=O)O)OCCOCCOCCOCCOCCOCCOCCOCCCl. The summed E-state index contributed by atoms with van der Waals surface area (Å²) < 4.78 is 42.0. The Morgan fingerprint density at radius 2 is 0.824 bits per heavy atom. The van der Waals surface area contributed by atoms with Crippen LogP contribution in [0.4, 0.5) is 0 Å². The van der Waals surface area contributed by atoms with E-state index in [0.29, 0.717) is 91.8 Å². The van der Waals surface area contributed by atoms with Gasteiger partial charge in [0.25, 0.3) is 0 Å². The van der Waals surface area contributed by atoms with Crippen LogP contribution in [-0.2, 0) is 52.3 Å². The van der Waals surface area contributed by atoms with E-state index in [4.69, 9.17) is 54.6 Å². The van der Waals surface area contributed by atoms with Crippen LogP contribution in [0.1, 0.15) is 12.8 Å². The van der Waals surface area contributed by atoms with Gasteiger partial charge in [0.15, 0.2) is 0 Å². The Bertz CT molecular complexity index is 506. The van der Waals surface area contributed by atoms with Crippen LogP contribution in [-0.4, -0.2) is 128 Å². The number of carbonyl (C=O) groups excluding carboxylic acids is 2. The Morgan fingerprint density at radius 1 is 0.500 bits per heavy atom. The van der Waals surface area contributed by atoms with Gasteiger partial charge in [0.2, 0.25) is 5.78 Å². The standard InChI is InChI=1S/C21H37ClO12/c22-3-4-27-5-6-28-7-8-29-9-10-30-11-12-31-13-14-32-15-16-33-17-18-34-20(24)2-1-19(23)21(25)26/h1-18H2,(H,25,26). The molecule has 0 aromatic rings. The Balaban J connectivity index is 3.14. The minimum absolute atomic E-state index is 0.0207. The molecular formula is C21H37ClO12. The van der Waals surface area contributed by atoms with Crippen molar-refractivity contribution in [2.75, 3.05) is 105 Å². The monoisotopic (exact) mass is 516 g/mol. The minimum Gasteiger partial charge on any atom is -0.476 e. The summed E-state index contributed by atoms with van der Waals surface area (Å²) in [6.45, 7) is 6.18. The lowest BCUT2D eigenvalue weighted by molar-refractivity contribution is -0.151. The number of ketones is 1. The molecule has 13 heteroatoms. The average Bonchev–Trinajstić information content (AvgIpc) is 2.82. The lowest BCUT2D eigenvalue weighted by Gasteiger charge is -2.08. The summed E-state index contributed by atoms with van der Waals surface area (Å²) in [4.78, 5) is 32.5. The molecule has 0 saturated heterocycles. The number of carboxylic acid groups (broad SMARTS) is 1. The van der Waals surface area contributed by atoms with Gasteiger partial charge in [-0.1, -0.05) is 0 Å². The zero-order valence-corrected chi connectivity index (χ0v) is 20.3. The molecule has 0 saturated carbocycles. The Labute approximate surface area is 205 Å². The van der Waals surface area contributed by atoms with Crippen LogP contribution in [0.2, 0.25) is 0 Å². The molecule has 0 atom stereocenters. The minimum atomic E-state index is -1.56. The van der Waals surface area contributed by atoms with Gasteiger partial charge in [-0.15, -0.1) is 11.6 Å². The van der Waals surface area contributed by atoms with E-state index in [0.717, 1.165) is 0 Å². The van der Waals surface area contributed by atoms with Crippen LogP contribution in [0.3, 0.4) is 0 Å². The second kappa shape index (κ2) is 26.2. The van der Waals surface area contributed by atoms with Crippen molar-refractivity contribution in [3.63, 3.8) is 0 Å². The third kappa shape index (κ3) is 25.2. The summed E-state index contributed by atoms with van der Waals surface area (Å²) in [5.41, 5.74) is 0. The Hall–Kier alpha value is -1.38. The molecule has 0 aliphatic heterocycles. The van der Waals surface area contributed by atoms with Gasteiger partial charge >= 0.3 is 11.9 Å². The maximum Gasteiger partial charge on any atom is 0.372 e. The molecular weight excluding hydrogens is 480 g/mol. The van der Waals surface area contributed by atoms with Crippen molar-refractivity contribution in [1.29, 1.82) is 0 Å². The molecule has 0 aromatic carbocycles. The van der Waals surface area contributed by atoms with E-state index in [2.05, 4.69) is 0 Å². The lowest BCUT2D eigenvalue weighted by Crippen LogP contribution is -2.17. The molecule has 0 aliphatic carbocycles. The van der Waals surface area contributed by atoms with E-state index in [1.165, 1.54) is 0 Å². The van der Waals surface area contributed by atoms with Crippen molar-refractivity contribution in [1.82, 2.24) is 0 Å². The van der Waals surface area contributed by atoms with Crippen LogP contribution in [0.5, 0.6) is 0 Å². The number of carbonyl (C=O) groups is 3. The highest BCUT2D eigenvalue weighted by atomic mass is 35.5. The maximum atomic E-state index is 11.3. The molecule has 34 heavy (non-hydrogen) atoms. The zero-order chi connectivity index (χ0) is 25.1. The van der Waals surface area contributed by atoms with E-state index in [1.807, 2.05) is 0 Å². The van der Waals surface area contributed by atoms with Crippen molar-refractivity contribution >= 4 is 29.3 Å². The van der Waals surface area contributed by atoms with E-state index >= 15 is 0 Å². The van der Waals surface area contributed by atoms with Crippen molar-refractivity contribution in [3.8, 4) is 0 Å². The number of halogens is 1. The van der Waals surface area contributed by atoms with Gasteiger partial charge in [0.1, 0.15) is 6.61 Å². The van der Waals surface area contributed by atoms with Crippen LogP contribution >= 0.6 is 11.6 Å². The smallest absolute Gasteiger partial charge is 0.372 e. The van der Waals surface area contributed by atoms with Crippen LogP contribution in [0.15, 0.2) is 0 Å². The second-order valence-corrected chi connectivity index (χ2v) is 6.80. The fourth-order valence-electron chi connectivity index (χ4n) is 2.09. The van der Waals surface area contributed by atoms with Gasteiger partial charge in [0, 0.05) is 12.3 Å². The van der Waals surface area contributed by atoms with Gasteiger partial charge in [0.05, 0.1) is 98.9 Å². The number of carboxylic acids is 1. The third-order valence-electron chi connectivity index (χ3n) is 3.74. The van der Waals surface area contributed by atoms with Crippen LogP contribution in [0.25, 0.3) is 0 Å². The molecule has 200 valence electrons. The highest BCUT2D eigenvalue weighted by Gasteiger charge is 2.14. The first-order chi connectivity index (χ1) is 16.6. The zero-order valence-electron chi connectivity index (χ0n) is 19.5. The molecule has 1 N–H and O–H groups in total. The number of hydrogen-bond donors (Lipinski definition) is 1. The fourth-order valence-corrected chi connectivity index (χ4v) is 2.19. The van der Waals surface area contributed by atoms with Crippen LogP contribution < -0.4 is 0 Å². The van der Waals surface area contributed by atoms with Gasteiger partial charge < -0.3 is 43.0 Å². The molecule has 0 aromatic heterocycles. The molecule has 0 spiro atoms. The van der Waals surface area contributed by atoms with E-state index in [-0.39, 0.29) is 26.1 Å². The first-order valence-corrected chi connectivity index (χ1v) is 11.6. The highest BCUT2D eigenvalue weighted by Crippen LogP contribution is 1.95. The summed E-state index contributed by atoms with van der Waals surface area (Å²) >= 11 is 5.48. The van der Waals surface area contributed by atoms with Crippen molar-refractivity contribution in [3.05, 3.63) is 0 Å². The summed E-state index contributed by atoms with van der Waals surface area (Å²) in [5, 5.41) is 8.40. The van der Waals surface area contributed by atoms with Crippen LogP contribution in [0, 0.1) is 0 Å². The van der Waals surface area contributed by atoms with E-state index in [9.17, 15) is 14.4 Å². The normalized spacial score (nSPS) is 11.0. The summed E-state index contributed by atoms with van der Waals surface area (Å²) in [6, 6.07) is 0. The fraction of sp³-hybridized carbons (Fsp3) is 0.857. The first-order valence-electron chi connectivity index (χ1n) is 11.1. The largest absolute Gasteiger partial charge is 0.476 e. The third-order valence-corrected chi connectivity index (χ3v) is 3.89. The number of ether oxygens (including phenoxy) is 8. The highest BCUT2D eigenvalue weighted by molar-refractivity contribution is 6.32. The first kappa shape index (κ1) is 32.6. The van der Waals surface area contributed by atoms with Gasteiger partial charge in [-0.25, -0.2) is 4.79 Å². The molecule has 0 radical (unpaired) electrons. The molecule has 0 bridgehead atoms. The molecule has 12 nitrogen and oxygen atoms in total. The summed E-state index contributed by atoms with van der Waals surface area (Å²) in [5.74, 6) is -2.75. The van der Waals surface area contributed by atoms with Gasteiger partial charge in [-0.2, -0.15) is 0 Å². The Morgan fingerprint density at radius 3 is 1.15 bits per heavy atom. The predicted molar refractivity (Wildman–Crippen MR) is 119 cm³/mol. The maximum absolute atomic E-state index is 11.3. The number of hydrogen-bond acceptors (Lipinski definition) is 11. The number of rotatable bonds is 27. The molecule has 0 rings (SSSR count). The topological polar surface area (TPSA) is 145 Å². The molecule has 0 aliphatic rings. The molecule has 0 amide bonds. The van der Waals surface area contributed by atoms with Gasteiger partial charge in [-0.05, 0) is 0 Å². The number of aliphatic carboxylic acids is 1. The van der Waals surface area contributed by atoms with Crippen molar-refractivity contribution in [2.24, 2.45) is 0 Å². The van der Waals surface area contributed by atoms with Crippen molar-refractivity contribution < 1.29 is 57.4 Å². The molecule has 0 unspecified atom stereocenters. The number of alkyl halides is 1. The quantitative estimate of drug-likeness (QED) is 0.0694. The average molecular weight is 517 g/mol. The second-order valence-electron chi connectivity index (χ2n) is 6.42. The lowest BCUT2D eigenvalue weighted by atomic mass is 10.2. The predicted octanol–water partition coefficient (Wildman–Crippen LogP) is 0.319. The Kier molecular flexibility index (Phi) is 25.2. The summed E-state index contributed by atoms with van der Waals surface area (Å²) in [7, 11) is 0. The van der Waals surface area contributed by atoms with E-state index < -0.39 is 17.7 Å². The number of esters is 1. The van der Waals surface area contributed by atoms with E-state index in [1.54, 1.807) is 0 Å². The summed E-state index contributed by atoms with van der Waals surface area (Å²) in [6.07, 6.45) is -0.649. The van der Waals surface area contributed by atoms with Crippen molar-refractivity contribution in [2.45, 2.75) is 12.8 Å². The molecule has 0 heterocycles.